The van der Waals surface area contributed by atoms with Crippen LogP contribution in [0.3, 0.4) is 0 Å². The van der Waals surface area contributed by atoms with Crippen molar-refractivity contribution in [3.05, 3.63) is 132 Å². The lowest BCUT2D eigenvalue weighted by Gasteiger charge is -2.33. The van der Waals surface area contributed by atoms with Gasteiger partial charge in [0, 0.05) is 31.3 Å². The molecule has 14 nitrogen and oxygen atoms in total. The molecular weight excluding hydrogens is 753 g/mol. The standard InChI is InChI=1S/C45H56N6O8/c1-6-39(52)59-38(37(26-33-19-11-8-12-20-33)49-43(54)41(31(4)5)51-45(56)58-29-35-22-14-16-24-47-35)27-36(25-32-17-9-7-10-18-32)48-42(53)40(30(2)3)50-44(55)57-28-34-21-13-15-23-46-34/h7-24,30-31,36-38,40-41H,6,25-29H2,1-5H3,(H,48,53)(H,49,54)(H,50,55)(H,51,56)/t36-,37-,38-,40-,41-/m0/s1. The number of carbonyl (C=O) groups excluding carboxylic acids is 5. The highest BCUT2D eigenvalue weighted by molar-refractivity contribution is 5.87. The summed E-state index contributed by atoms with van der Waals surface area (Å²) in [7, 11) is 0. The van der Waals surface area contributed by atoms with Gasteiger partial charge in [-0.25, -0.2) is 9.59 Å². The van der Waals surface area contributed by atoms with Crippen LogP contribution >= 0.6 is 0 Å². The Hall–Kier alpha value is -6.31. The average Bonchev–Trinajstić information content (AvgIpc) is 3.23. The molecule has 0 aliphatic rings. The molecule has 5 atom stereocenters. The van der Waals surface area contributed by atoms with Gasteiger partial charge in [-0.2, -0.15) is 0 Å². The fourth-order valence-corrected chi connectivity index (χ4v) is 6.28. The van der Waals surface area contributed by atoms with Crippen molar-refractivity contribution >= 4 is 30.0 Å². The number of nitrogens with one attached hydrogen (secondary N) is 4. The fourth-order valence-electron chi connectivity index (χ4n) is 6.28. The summed E-state index contributed by atoms with van der Waals surface area (Å²) >= 11 is 0. The minimum atomic E-state index is -1.01. The van der Waals surface area contributed by atoms with E-state index in [1.165, 1.54) is 0 Å². The van der Waals surface area contributed by atoms with Gasteiger partial charge in [-0.1, -0.05) is 107 Å². The first-order valence-corrected chi connectivity index (χ1v) is 20.0. The van der Waals surface area contributed by atoms with Crippen molar-refractivity contribution in [1.29, 1.82) is 0 Å². The van der Waals surface area contributed by atoms with Crippen molar-refractivity contribution < 1.29 is 38.2 Å². The minimum Gasteiger partial charge on any atom is -0.460 e. The van der Waals surface area contributed by atoms with E-state index in [9.17, 15) is 24.0 Å². The largest absolute Gasteiger partial charge is 0.460 e. The van der Waals surface area contributed by atoms with E-state index >= 15 is 0 Å². The first-order valence-electron chi connectivity index (χ1n) is 20.0. The Kier molecular flexibility index (Phi) is 18.3. The molecule has 2 aromatic carbocycles. The molecule has 59 heavy (non-hydrogen) atoms. The third kappa shape index (κ3) is 15.9. The number of hydrogen-bond donors (Lipinski definition) is 4. The quantitative estimate of drug-likeness (QED) is 0.0588. The molecule has 4 aromatic rings. The van der Waals surface area contributed by atoms with Crippen LogP contribution < -0.4 is 21.3 Å². The fraction of sp³-hybridized carbons (Fsp3) is 0.400. The Morgan fingerprint density at radius 3 is 1.47 bits per heavy atom. The van der Waals surface area contributed by atoms with Crippen LogP contribution in [0.2, 0.25) is 0 Å². The molecule has 2 aromatic heterocycles. The van der Waals surface area contributed by atoms with Crippen LogP contribution in [0.25, 0.3) is 0 Å². The highest BCUT2D eigenvalue weighted by atomic mass is 16.6. The summed E-state index contributed by atoms with van der Waals surface area (Å²) in [5.74, 6) is -2.16. The number of pyridine rings is 2. The van der Waals surface area contributed by atoms with Gasteiger partial charge >= 0.3 is 18.2 Å². The van der Waals surface area contributed by atoms with E-state index in [0.717, 1.165) is 11.1 Å². The number of benzene rings is 2. The summed E-state index contributed by atoms with van der Waals surface area (Å²) < 4.78 is 16.9. The number of nitrogens with zero attached hydrogens (tertiary/aromatic N) is 2. The molecular formula is C45H56N6O8. The van der Waals surface area contributed by atoms with Gasteiger partial charge < -0.3 is 35.5 Å². The molecule has 0 saturated carbocycles. The number of carbonyl (C=O) groups is 5. The monoisotopic (exact) mass is 808 g/mol. The molecule has 4 N–H and O–H groups in total. The SMILES string of the molecule is CCC(=O)O[C@@H](C[C@H](Cc1ccccc1)NC(=O)[C@@H](NC(=O)OCc1ccccn1)C(C)C)[C@H](Cc1ccccc1)NC(=O)[C@@H](NC(=O)OCc1ccccn1)C(C)C. The highest BCUT2D eigenvalue weighted by Gasteiger charge is 2.35. The summed E-state index contributed by atoms with van der Waals surface area (Å²) in [5, 5.41) is 11.6. The molecule has 0 fully saturated rings. The zero-order valence-electron chi connectivity index (χ0n) is 34.3. The Morgan fingerprint density at radius 2 is 1.03 bits per heavy atom. The maximum Gasteiger partial charge on any atom is 0.408 e. The smallest absolute Gasteiger partial charge is 0.408 e. The predicted molar refractivity (Wildman–Crippen MR) is 221 cm³/mol. The van der Waals surface area contributed by atoms with Crippen molar-refractivity contribution in [3.8, 4) is 0 Å². The van der Waals surface area contributed by atoms with Gasteiger partial charge in [0.1, 0.15) is 31.4 Å². The van der Waals surface area contributed by atoms with E-state index < -0.39 is 60.2 Å². The third-order valence-corrected chi connectivity index (χ3v) is 9.43. The zero-order valence-corrected chi connectivity index (χ0v) is 34.3. The minimum absolute atomic E-state index is 0.0659. The Bertz CT molecular complexity index is 1900. The van der Waals surface area contributed by atoms with Crippen molar-refractivity contribution in [1.82, 2.24) is 31.2 Å². The lowest BCUT2D eigenvalue weighted by atomic mass is 9.92. The van der Waals surface area contributed by atoms with Crippen molar-refractivity contribution in [2.75, 3.05) is 0 Å². The molecule has 314 valence electrons. The maximum atomic E-state index is 14.2. The second-order valence-corrected chi connectivity index (χ2v) is 14.8. The Labute approximate surface area is 346 Å². The van der Waals surface area contributed by atoms with E-state index in [-0.39, 0.29) is 44.3 Å². The number of rotatable bonds is 21. The lowest BCUT2D eigenvalue weighted by Crippen LogP contribution is -2.57. The van der Waals surface area contributed by atoms with Gasteiger partial charge in [-0.05, 0) is 60.1 Å². The van der Waals surface area contributed by atoms with E-state index in [1.54, 1.807) is 83.4 Å². The second kappa shape index (κ2) is 23.8. The number of amides is 4. The van der Waals surface area contributed by atoms with Crippen LogP contribution in [0.15, 0.2) is 109 Å². The van der Waals surface area contributed by atoms with E-state index in [1.807, 2.05) is 60.7 Å². The first kappa shape index (κ1) is 45.4. The maximum absolute atomic E-state index is 14.2. The molecule has 0 unspecified atom stereocenters. The van der Waals surface area contributed by atoms with Crippen LogP contribution in [-0.2, 0) is 54.6 Å². The molecule has 0 bridgehead atoms. The van der Waals surface area contributed by atoms with E-state index in [0.29, 0.717) is 17.8 Å². The van der Waals surface area contributed by atoms with Crippen molar-refractivity contribution in [3.63, 3.8) is 0 Å². The summed E-state index contributed by atoms with van der Waals surface area (Å²) in [6.07, 6.45) is 1.42. The molecule has 0 spiro atoms. The molecule has 0 aliphatic heterocycles. The van der Waals surface area contributed by atoms with Crippen molar-refractivity contribution in [2.45, 2.75) is 104 Å². The predicted octanol–water partition coefficient (Wildman–Crippen LogP) is 5.85. The van der Waals surface area contributed by atoms with Crippen LogP contribution in [0.1, 0.15) is 70.0 Å². The first-order chi connectivity index (χ1) is 28.4. The normalized spacial score (nSPS) is 13.5. The summed E-state index contributed by atoms with van der Waals surface area (Å²) in [6.45, 7) is 8.72. The topological polar surface area (TPSA) is 187 Å². The van der Waals surface area contributed by atoms with Gasteiger partial charge in [0.05, 0.1) is 17.4 Å². The molecule has 0 saturated heterocycles. The van der Waals surface area contributed by atoms with Gasteiger partial charge in [-0.3, -0.25) is 24.4 Å². The van der Waals surface area contributed by atoms with Crippen molar-refractivity contribution in [2.24, 2.45) is 11.8 Å². The van der Waals surface area contributed by atoms with Gasteiger partial charge in [-0.15, -0.1) is 0 Å². The molecule has 2 heterocycles. The van der Waals surface area contributed by atoms with Gasteiger partial charge in [0.2, 0.25) is 11.8 Å². The number of alkyl carbamates (subject to hydrolysis) is 2. The zero-order chi connectivity index (χ0) is 42.6. The van der Waals surface area contributed by atoms with Crippen LogP contribution in [0.4, 0.5) is 9.59 Å². The van der Waals surface area contributed by atoms with Crippen LogP contribution in [0, 0.1) is 11.8 Å². The highest BCUT2D eigenvalue weighted by Crippen LogP contribution is 2.19. The second-order valence-electron chi connectivity index (χ2n) is 14.8. The average molecular weight is 809 g/mol. The Morgan fingerprint density at radius 1 is 0.576 bits per heavy atom. The number of hydrogen-bond acceptors (Lipinski definition) is 10. The molecule has 14 heteroatoms. The van der Waals surface area contributed by atoms with E-state index in [4.69, 9.17) is 14.2 Å². The summed E-state index contributed by atoms with van der Waals surface area (Å²) in [6, 6.07) is 26.0. The number of aromatic nitrogens is 2. The van der Waals surface area contributed by atoms with Crippen LogP contribution in [0.5, 0.6) is 0 Å². The number of esters is 1. The lowest BCUT2D eigenvalue weighted by molar-refractivity contribution is -0.152. The van der Waals surface area contributed by atoms with Gasteiger partial charge in [0.25, 0.3) is 0 Å². The molecule has 0 radical (unpaired) electrons. The molecule has 4 amide bonds. The van der Waals surface area contributed by atoms with Crippen LogP contribution in [-0.4, -0.2) is 70.2 Å². The Balaban J connectivity index is 1.60. The number of ether oxygens (including phenoxy) is 3. The summed E-state index contributed by atoms with van der Waals surface area (Å²) in [5.41, 5.74) is 2.86. The summed E-state index contributed by atoms with van der Waals surface area (Å²) in [4.78, 5) is 75.5. The van der Waals surface area contributed by atoms with Gasteiger partial charge in [0.15, 0.2) is 0 Å². The van der Waals surface area contributed by atoms with E-state index in [2.05, 4.69) is 31.2 Å². The molecule has 4 rings (SSSR count). The third-order valence-electron chi connectivity index (χ3n) is 9.43. The molecule has 0 aliphatic carbocycles.